The SMILES string of the molecule is C=CCSc1ncccc1C(=O)N1CCC(c2nc(C(=O)Nc3nc(C#N)c(C#N)[nH]3)cs2)CC1. The Morgan fingerprint density at radius 2 is 2.11 bits per heavy atom. The molecule has 0 aromatic carbocycles. The minimum atomic E-state index is -0.482. The van der Waals surface area contributed by atoms with Gasteiger partial charge in [0.25, 0.3) is 11.8 Å². The molecule has 3 aromatic rings. The average molecular weight is 505 g/mol. The lowest BCUT2D eigenvalue weighted by molar-refractivity contribution is 0.0708. The number of nitriles is 2. The minimum absolute atomic E-state index is 0.0132. The number of pyridine rings is 1. The van der Waals surface area contributed by atoms with Crippen LogP contribution in [0.15, 0.2) is 41.4 Å². The predicted octanol–water partition coefficient (Wildman–Crippen LogP) is 3.55. The fourth-order valence-electron chi connectivity index (χ4n) is 3.65. The van der Waals surface area contributed by atoms with E-state index in [1.54, 1.807) is 35.9 Å². The Morgan fingerprint density at radius 3 is 2.80 bits per heavy atom. The van der Waals surface area contributed by atoms with Gasteiger partial charge in [0, 0.05) is 36.3 Å². The maximum Gasteiger partial charge on any atom is 0.277 e. The number of thioether (sulfide) groups is 1. The molecule has 0 unspecified atom stereocenters. The zero-order valence-corrected chi connectivity index (χ0v) is 20.2. The summed E-state index contributed by atoms with van der Waals surface area (Å²) in [6.45, 7) is 4.90. The number of nitrogens with one attached hydrogen (secondary N) is 2. The standard InChI is InChI=1S/C23H20N8O2S2/c1-2-10-34-21-15(4-3-7-26-21)22(33)31-8-5-14(6-9-31)20-27-18(13-35-20)19(32)30-23-28-16(11-24)17(12-25)29-23/h2-4,7,13-14H,1,5-6,8-10H2,(H2,28,29,30,32). The van der Waals surface area contributed by atoms with Gasteiger partial charge in [-0.15, -0.1) is 29.7 Å². The van der Waals surface area contributed by atoms with E-state index < -0.39 is 5.91 Å². The summed E-state index contributed by atoms with van der Waals surface area (Å²) in [5.41, 5.74) is 0.737. The van der Waals surface area contributed by atoms with Gasteiger partial charge in [-0.25, -0.2) is 15.0 Å². The number of imidazole rings is 1. The van der Waals surface area contributed by atoms with E-state index in [0.717, 1.165) is 17.8 Å². The van der Waals surface area contributed by atoms with Crippen molar-refractivity contribution in [2.75, 3.05) is 24.2 Å². The van der Waals surface area contributed by atoms with Crippen LogP contribution in [0.1, 0.15) is 56.0 Å². The van der Waals surface area contributed by atoms with Crippen LogP contribution in [0.25, 0.3) is 0 Å². The van der Waals surface area contributed by atoms with E-state index in [1.807, 2.05) is 11.0 Å². The Hall–Kier alpha value is -4.00. The van der Waals surface area contributed by atoms with Crippen molar-refractivity contribution in [2.24, 2.45) is 0 Å². The Bertz CT molecular complexity index is 1310. The number of amides is 2. The molecule has 1 fully saturated rings. The number of thiazole rings is 1. The molecule has 4 rings (SSSR count). The second-order valence-electron chi connectivity index (χ2n) is 7.58. The highest BCUT2D eigenvalue weighted by molar-refractivity contribution is 7.99. The van der Waals surface area contributed by atoms with E-state index in [2.05, 4.69) is 31.8 Å². The van der Waals surface area contributed by atoms with Crippen LogP contribution in [0.4, 0.5) is 5.95 Å². The number of rotatable bonds is 7. The highest BCUT2D eigenvalue weighted by Gasteiger charge is 2.28. The van der Waals surface area contributed by atoms with Crippen LogP contribution >= 0.6 is 23.1 Å². The first-order chi connectivity index (χ1) is 17.0. The van der Waals surface area contributed by atoms with Gasteiger partial charge in [0.2, 0.25) is 5.95 Å². The lowest BCUT2D eigenvalue weighted by atomic mass is 9.97. The molecule has 0 bridgehead atoms. The number of likely N-dealkylation sites (tertiary alicyclic amines) is 1. The molecule has 0 saturated carbocycles. The summed E-state index contributed by atoms with van der Waals surface area (Å²) in [4.78, 5) is 42.8. The predicted molar refractivity (Wildman–Crippen MR) is 131 cm³/mol. The molecular weight excluding hydrogens is 484 g/mol. The number of aromatic amines is 1. The molecule has 1 aliphatic rings. The van der Waals surface area contributed by atoms with Crippen LogP contribution in [-0.2, 0) is 0 Å². The number of carbonyl (C=O) groups excluding carboxylic acids is 2. The number of H-pyrrole nitrogens is 1. The highest BCUT2D eigenvalue weighted by Crippen LogP contribution is 2.32. The quantitative estimate of drug-likeness (QED) is 0.366. The van der Waals surface area contributed by atoms with Gasteiger partial charge in [0.15, 0.2) is 11.4 Å². The third kappa shape index (κ3) is 5.40. The summed E-state index contributed by atoms with van der Waals surface area (Å²) in [6, 6.07) is 7.18. The van der Waals surface area contributed by atoms with Gasteiger partial charge in [-0.2, -0.15) is 10.5 Å². The molecule has 0 radical (unpaired) electrons. The second kappa shape index (κ2) is 11.0. The van der Waals surface area contributed by atoms with Gasteiger partial charge in [-0.3, -0.25) is 14.9 Å². The maximum absolute atomic E-state index is 13.1. The topological polar surface area (TPSA) is 151 Å². The second-order valence-corrected chi connectivity index (χ2v) is 9.48. The van der Waals surface area contributed by atoms with Crippen molar-refractivity contribution >= 4 is 40.9 Å². The monoisotopic (exact) mass is 504 g/mol. The molecule has 1 aliphatic heterocycles. The van der Waals surface area contributed by atoms with Gasteiger partial charge in [-0.1, -0.05) is 6.08 Å². The molecule has 0 aliphatic carbocycles. The molecule has 3 aromatic heterocycles. The van der Waals surface area contributed by atoms with Crippen molar-refractivity contribution in [3.63, 3.8) is 0 Å². The maximum atomic E-state index is 13.1. The largest absolute Gasteiger partial charge is 0.339 e. The summed E-state index contributed by atoms with van der Waals surface area (Å²) in [6.07, 6.45) is 4.95. The molecule has 0 spiro atoms. The number of hydrogen-bond donors (Lipinski definition) is 2. The lowest BCUT2D eigenvalue weighted by Crippen LogP contribution is -2.38. The lowest BCUT2D eigenvalue weighted by Gasteiger charge is -2.31. The van der Waals surface area contributed by atoms with Crippen molar-refractivity contribution in [1.29, 1.82) is 10.5 Å². The Balaban J connectivity index is 1.36. The molecule has 10 nitrogen and oxygen atoms in total. The van der Waals surface area contributed by atoms with E-state index >= 15 is 0 Å². The molecule has 176 valence electrons. The van der Waals surface area contributed by atoms with Crippen molar-refractivity contribution in [3.8, 4) is 12.1 Å². The van der Waals surface area contributed by atoms with Crippen LogP contribution in [0, 0.1) is 22.7 Å². The number of hydrogen-bond acceptors (Lipinski definition) is 9. The number of aromatic nitrogens is 4. The molecular formula is C23H20N8O2S2. The summed E-state index contributed by atoms with van der Waals surface area (Å²) in [5.74, 6) is 0.329. The fraction of sp³-hybridized carbons (Fsp3) is 0.261. The highest BCUT2D eigenvalue weighted by atomic mass is 32.2. The smallest absolute Gasteiger partial charge is 0.277 e. The van der Waals surface area contributed by atoms with Crippen molar-refractivity contribution < 1.29 is 9.59 Å². The Morgan fingerprint density at radius 1 is 1.31 bits per heavy atom. The zero-order chi connectivity index (χ0) is 24.8. The zero-order valence-electron chi connectivity index (χ0n) is 18.5. The third-order valence-corrected chi connectivity index (χ3v) is 7.39. The van der Waals surface area contributed by atoms with Gasteiger partial charge < -0.3 is 9.88 Å². The van der Waals surface area contributed by atoms with Crippen molar-refractivity contribution in [1.82, 2.24) is 24.8 Å². The van der Waals surface area contributed by atoms with Crippen LogP contribution < -0.4 is 5.32 Å². The molecule has 35 heavy (non-hydrogen) atoms. The number of piperidine rings is 1. The molecule has 4 heterocycles. The Kier molecular flexibility index (Phi) is 7.55. The van der Waals surface area contributed by atoms with Gasteiger partial charge >= 0.3 is 0 Å². The molecule has 2 amide bonds. The number of anilines is 1. The summed E-state index contributed by atoms with van der Waals surface area (Å²) in [5, 5.41) is 23.7. The van der Waals surface area contributed by atoms with Crippen molar-refractivity contribution in [3.05, 3.63) is 64.0 Å². The van der Waals surface area contributed by atoms with E-state index in [-0.39, 0.29) is 34.9 Å². The normalized spacial score (nSPS) is 13.6. The first-order valence-electron chi connectivity index (χ1n) is 10.7. The van der Waals surface area contributed by atoms with Gasteiger partial charge in [-0.05, 0) is 25.0 Å². The number of carbonyl (C=O) groups is 2. The number of nitrogens with zero attached hydrogens (tertiary/aromatic N) is 6. The molecule has 1 saturated heterocycles. The fourth-order valence-corrected chi connectivity index (χ4v) is 5.34. The van der Waals surface area contributed by atoms with Crippen LogP contribution in [0.5, 0.6) is 0 Å². The average Bonchev–Trinajstić information content (AvgIpc) is 3.54. The third-order valence-electron chi connectivity index (χ3n) is 5.38. The van der Waals surface area contributed by atoms with E-state index in [4.69, 9.17) is 10.5 Å². The summed E-state index contributed by atoms with van der Waals surface area (Å²) in [7, 11) is 0. The van der Waals surface area contributed by atoms with Crippen LogP contribution in [0.2, 0.25) is 0 Å². The first-order valence-corrected chi connectivity index (χ1v) is 12.6. The van der Waals surface area contributed by atoms with Gasteiger partial charge in [0.05, 0.1) is 10.6 Å². The van der Waals surface area contributed by atoms with Crippen LogP contribution in [0.3, 0.4) is 0 Å². The first kappa shape index (κ1) is 24.1. The molecule has 12 heteroatoms. The minimum Gasteiger partial charge on any atom is -0.339 e. The van der Waals surface area contributed by atoms with E-state index in [1.165, 1.54) is 23.1 Å². The Labute approximate surface area is 209 Å². The van der Waals surface area contributed by atoms with Crippen molar-refractivity contribution in [2.45, 2.75) is 23.8 Å². The molecule has 0 atom stereocenters. The summed E-state index contributed by atoms with van der Waals surface area (Å²) < 4.78 is 0. The summed E-state index contributed by atoms with van der Waals surface area (Å²) >= 11 is 2.88. The van der Waals surface area contributed by atoms with E-state index in [0.29, 0.717) is 29.4 Å². The molecule has 2 N–H and O–H groups in total. The van der Waals surface area contributed by atoms with E-state index in [9.17, 15) is 9.59 Å². The van der Waals surface area contributed by atoms with Crippen LogP contribution in [-0.4, -0.2) is 55.5 Å². The van der Waals surface area contributed by atoms with Gasteiger partial charge in [0.1, 0.15) is 22.9 Å².